The summed E-state index contributed by atoms with van der Waals surface area (Å²) in [6, 6.07) is 13.8. The van der Waals surface area contributed by atoms with Gasteiger partial charge < -0.3 is 19.7 Å². The van der Waals surface area contributed by atoms with E-state index in [1.807, 2.05) is 32.0 Å². The molecule has 0 fully saturated rings. The number of benzene rings is 2. The van der Waals surface area contributed by atoms with Crippen LogP contribution in [-0.4, -0.2) is 33.5 Å². The highest BCUT2D eigenvalue weighted by Crippen LogP contribution is 2.37. The lowest BCUT2D eigenvalue weighted by Crippen LogP contribution is -2.36. The van der Waals surface area contributed by atoms with E-state index in [1.54, 1.807) is 26.0 Å². The summed E-state index contributed by atoms with van der Waals surface area (Å²) in [5.74, 6) is 1.43. The van der Waals surface area contributed by atoms with Crippen LogP contribution < -0.4 is 10.1 Å². The van der Waals surface area contributed by atoms with E-state index in [-0.39, 0.29) is 12.1 Å². The topological polar surface area (TPSA) is 104 Å². The van der Waals surface area contributed by atoms with E-state index in [0.29, 0.717) is 35.1 Å². The average molecular weight is 433 g/mol. The minimum absolute atomic E-state index is 0.0232. The number of aliphatic hydroxyl groups is 1. The largest absolute Gasteiger partial charge is 0.490 e. The summed E-state index contributed by atoms with van der Waals surface area (Å²) in [6.45, 7) is 7.95. The second-order valence-electron chi connectivity index (χ2n) is 9.07. The second kappa shape index (κ2) is 8.73. The van der Waals surface area contributed by atoms with Gasteiger partial charge in [-0.05, 0) is 69.9 Å². The average Bonchev–Trinajstić information content (AvgIpc) is 3.39. The first kappa shape index (κ1) is 22.0. The predicted octanol–water partition coefficient (Wildman–Crippen LogP) is 4.41. The van der Waals surface area contributed by atoms with Crippen LogP contribution in [0, 0.1) is 11.3 Å². The molecule has 166 valence electrons. The minimum Gasteiger partial charge on any atom is -0.490 e. The highest BCUT2D eigenvalue weighted by molar-refractivity contribution is 5.67. The molecule has 1 aliphatic carbocycles. The molecule has 3 aromatic rings. The number of nitrogens with zero attached hydrogens (tertiary/aromatic N) is 3. The summed E-state index contributed by atoms with van der Waals surface area (Å²) in [4.78, 5) is 4.62. The minimum atomic E-state index is -0.763. The number of fused-ring (bicyclic) bond motifs is 1. The summed E-state index contributed by atoms with van der Waals surface area (Å²) in [5, 5.41) is 27.2. The molecular formula is C25H28N4O3. The molecule has 7 nitrogen and oxygen atoms in total. The third kappa shape index (κ3) is 4.67. The number of rotatable bonds is 7. The van der Waals surface area contributed by atoms with Gasteiger partial charge in [0.05, 0.1) is 17.3 Å². The Morgan fingerprint density at radius 1 is 1.31 bits per heavy atom. The molecule has 0 bridgehead atoms. The smallest absolute Gasteiger partial charge is 0.258 e. The Bertz CT molecular complexity index is 1150. The number of nitrogens with one attached hydrogen (secondary N) is 1. The second-order valence-corrected chi connectivity index (χ2v) is 9.07. The van der Waals surface area contributed by atoms with Crippen LogP contribution in [-0.2, 0) is 6.42 Å². The van der Waals surface area contributed by atoms with Gasteiger partial charge in [0.25, 0.3) is 5.89 Å². The lowest BCUT2D eigenvalue weighted by Gasteiger charge is -2.22. The van der Waals surface area contributed by atoms with Gasteiger partial charge in [-0.3, -0.25) is 0 Å². The highest BCUT2D eigenvalue weighted by Gasteiger charge is 2.27. The van der Waals surface area contributed by atoms with Crippen molar-refractivity contribution < 1.29 is 14.4 Å². The van der Waals surface area contributed by atoms with Gasteiger partial charge in [-0.25, -0.2) is 0 Å². The lowest BCUT2D eigenvalue weighted by atomic mass is 10.0. The zero-order valence-electron chi connectivity index (χ0n) is 18.8. The van der Waals surface area contributed by atoms with Crippen LogP contribution in [0.15, 0.2) is 40.9 Å². The van der Waals surface area contributed by atoms with Gasteiger partial charge in [0, 0.05) is 23.7 Å². The van der Waals surface area contributed by atoms with Crippen molar-refractivity contribution in [2.75, 3.05) is 6.54 Å². The molecule has 1 atom stereocenters. The summed E-state index contributed by atoms with van der Waals surface area (Å²) in [7, 11) is 0. The molecule has 2 aromatic carbocycles. The fraction of sp³-hybridized carbons (Fsp3) is 0.400. The van der Waals surface area contributed by atoms with Crippen LogP contribution in [0.3, 0.4) is 0 Å². The molecule has 0 aliphatic heterocycles. The van der Waals surface area contributed by atoms with Crippen LogP contribution >= 0.6 is 0 Å². The van der Waals surface area contributed by atoms with Gasteiger partial charge in [-0.2, -0.15) is 10.2 Å². The fourth-order valence-electron chi connectivity index (χ4n) is 4.01. The third-order valence-corrected chi connectivity index (χ3v) is 5.43. The monoisotopic (exact) mass is 432 g/mol. The van der Waals surface area contributed by atoms with Crippen LogP contribution in [0.25, 0.3) is 22.8 Å². The maximum atomic E-state index is 10.0. The van der Waals surface area contributed by atoms with Gasteiger partial charge >= 0.3 is 0 Å². The molecule has 7 heteroatoms. The number of aromatic nitrogens is 2. The Labute approximate surface area is 188 Å². The molecule has 0 saturated carbocycles. The number of nitriles is 1. The van der Waals surface area contributed by atoms with Crippen molar-refractivity contribution in [3.63, 3.8) is 0 Å². The zero-order chi connectivity index (χ0) is 22.9. The van der Waals surface area contributed by atoms with Gasteiger partial charge in [-0.1, -0.05) is 23.4 Å². The summed E-state index contributed by atoms with van der Waals surface area (Å²) < 4.78 is 11.2. The van der Waals surface area contributed by atoms with Crippen LogP contribution in [0.1, 0.15) is 56.8 Å². The Kier molecular flexibility index (Phi) is 6.00. The molecule has 1 heterocycles. The Hall–Kier alpha value is -3.21. The van der Waals surface area contributed by atoms with Crippen molar-refractivity contribution >= 4 is 0 Å². The molecule has 32 heavy (non-hydrogen) atoms. The summed E-state index contributed by atoms with van der Waals surface area (Å²) in [5.41, 5.74) is 3.70. The summed E-state index contributed by atoms with van der Waals surface area (Å²) in [6.07, 6.45) is 1.83. The molecule has 1 aromatic heterocycles. The molecule has 0 amide bonds. The van der Waals surface area contributed by atoms with Crippen molar-refractivity contribution in [2.45, 2.75) is 58.3 Å². The van der Waals surface area contributed by atoms with Crippen molar-refractivity contribution in [3.8, 4) is 34.7 Å². The van der Waals surface area contributed by atoms with Crippen LogP contribution in [0.2, 0.25) is 0 Å². The van der Waals surface area contributed by atoms with Gasteiger partial charge in [0.1, 0.15) is 11.8 Å². The molecule has 0 saturated heterocycles. The first-order chi connectivity index (χ1) is 15.2. The van der Waals surface area contributed by atoms with Gasteiger partial charge in [0.2, 0.25) is 5.82 Å². The first-order valence-electron chi connectivity index (χ1n) is 10.9. The van der Waals surface area contributed by atoms with Crippen molar-refractivity contribution in [3.05, 3.63) is 53.1 Å². The van der Waals surface area contributed by atoms with E-state index in [1.165, 1.54) is 11.1 Å². The zero-order valence-corrected chi connectivity index (χ0v) is 18.8. The summed E-state index contributed by atoms with van der Waals surface area (Å²) >= 11 is 0. The maximum Gasteiger partial charge on any atom is 0.258 e. The Morgan fingerprint density at radius 3 is 2.84 bits per heavy atom. The first-order valence-corrected chi connectivity index (χ1v) is 10.9. The van der Waals surface area contributed by atoms with Gasteiger partial charge in [0.15, 0.2) is 0 Å². The highest BCUT2D eigenvalue weighted by atomic mass is 16.5. The normalized spacial score (nSPS) is 15.6. The number of hydrogen-bond acceptors (Lipinski definition) is 7. The standard InChI is InChI=1S/C25H28N4O3/c1-15(2)31-22-11-8-16(12-17(22)13-26)24-28-23(29-32-24)20-7-5-6-19-18(20)9-10-21(19)27-14-25(3,4)30/h5-8,11-12,15,21,27,30H,9-10,14H2,1-4H3/t21-/m1/s1. The van der Waals surface area contributed by atoms with E-state index in [0.717, 1.165) is 18.4 Å². The molecule has 0 radical (unpaired) electrons. The Morgan fingerprint density at radius 2 is 2.12 bits per heavy atom. The maximum absolute atomic E-state index is 10.0. The van der Waals surface area contributed by atoms with Crippen molar-refractivity contribution in [2.24, 2.45) is 0 Å². The molecule has 1 aliphatic rings. The number of hydrogen-bond donors (Lipinski definition) is 2. The van der Waals surface area contributed by atoms with Crippen molar-refractivity contribution in [1.29, 1.82) is 5.26 Å². The van der Waals surface area contributed by atoms with E-state index in [4.69, 9.17) is 9.26 Å². The molecule has 2 N–H and O–H groups in total. The molecule has 0 spiro atoms. The van der Waals surface area contributed by atoms with E-state index < -0.39 is 5.60 Å². The van der Waals surface area contributed by atoms with Crippen LogP contribution in [0.5, 0.6) is 5.75 Å². The molecular weight excluding hydrogens is 404 g/mol. The molecule has 4 rings (SSSR count). The predicted molar refractivity (Wildman–Crippen MR) is 121 cm³/mol. The number of ether oxygens (including phenoxy) is 1. The quantitative estimate of drug-likeness (QED) is 0.570. The van der Waals surface area contributed by atoms with E-state index in [2.05, 4.69) is 27.6 Å². The lowest BCUT2D eigenvalue weighted by molar-refractivity contribution is 0.0764. The van der Waals surface area contributed by atoms with Crippen LogP contribution in [0.4, 0.5) is 0 Å². The Balaban J connectivity index is 1.60. The third-order valence-electron chi connectivity index (χ3n) is 5.43. The van der Waals surface area contributed by atoms with E-state index in [9.17, 15) is 10.4 Å². The SMILES string of the molecule is CC(C)Oc1ccc(-c2nc(-c3cccc4c3CC[C@H]4NCC(C)(C)O)no2)cc1C#N. The fourth-order valence-corrected chi connectivity index (χ4v) is 4.01. The van der Waals surface area contributed by atoms with Gasteiger partial charge in [-0.15, -0.1) is 0 Å². The van der Waals surface area contributed by atoms with Crippen molar-refractivity contribution in [1.82, 2.24) is 15.5 Å². The van der Waals surface area contributed by atoms with E-state index >= 15 is 0 Å². The molecule has 0 unspecified atom stereocenters.